The van der Waals surface area contributed by atoms with Crippen molar-refractivity contribution in [1.29, 1.82) is 5.26 Å². The molecular weight excluding hydrogens is 258 g/mol. The molecule has 1 aromatic rings. The molecule has 0 heterocycles. The number of nitriles is 1. The van der Waals surface area contributed by atoms with Crippen molar-refractivity contribution < 1.29 is 0 Å². The molecule has 0 atom stereocenters. The van der Waals surface area contributed by atoms with Gasteiger partial charge in [0.2, 0.25) is 0 Å². The number of hydrogen-bond acceptors (Lipinski definition) is 3. The van der Waals surface area contributed by atoms with Gasteiger partial charge in [-0.05, 0) is 49.3 Å². The average molecular weight is 283 g/mol. The largest absolute Gasteiger partial charge is 0.367 e. The van der Waals surface area contributed by atoms with Crippen LogP contribution in [0.2, 0.25) is 0 Å². The fourth-order valence-corrected chi connectivity index (χ4v) is 2.81. The van der Waals surface area contributed by atoms with Gasteiger partial charge in [0.15, 0.2) is 0 Å². The topological polar surface area (TPSA) is 39.1 Å². The van der Waals surface area contributed by atoms with Crippen molar-refractivity contribution in [3.05, 3.63) is 29.3 Å². The van der Waals surface area contributed by atoms with Crippen molar-refractivity contribution in [2.45, 2.75) is 58.2 Å². The Labute approximate surface area is 128 Å². The molecule has 1 N–H and O–H groups in total. The van der Waals surface area contributed by atoms with Crippen LogP contribution in [-0.4, -0.2) is 18.6 Å². The van der Waals surface area contributed by atoms with E-state index < -0.39 is 0 Å². The lowest BCUT2D eigenvalue weighted by Crippen LogP contribution is -2.30. The molecule has 1 aromatic carbocycles. The third-order valence-corrected chi connectivity index (χ3v) is 4.21. The predicted octanol–water partition coefficient (Wildman–Crippen LogP) is 3.44. The highest BCUT2D eigenvalue weighted by Gasteiger charge is 2.31. The Balaban J connectivity index is 1.77. The van der Waals surface area contributed by atoms with Crippen LogP contribution in [0.4, 0.5) is 5.69 Å². The van der Waals surface area contributed by atoms with Gasteiger partial charge in [0.05, 0.1) is 11.3 Å². The van der Waals surface area contributed by atoms with Crippen molar-refractivity contribution in [2.24, 2.45) is 5.92 Å². The van der Waals surface area contributed by atoms with Crippen molar-refractivity contribution in [3.8, 4) is 6.07 Å². The lowest BCUT2D eigenvalue weighted by atomic mass is 10.1. The zero-order chi connectivity index (χ0) is 14.8. The van der Waals surface area contributed by atoms with Gasteiger partial charge in [-0.25, -0.2) is 0 Å². The van der Waals surface area contributed by atoms with Gasteiger partial charge in [-0.2, -0.15) is 5.26 Å². The highest BCUT2D eigenvalue weighted by atomic mass is 15.2. The Bertz CT molecular complexity index is 536. The minimum Gasteiger partial charge on any atom is -0.367 e. The number of nitrogens with one attached hydrogen (secondary N) is 1. The van der Waals surface area contributed by atoms with E-state index in [1.165, 1.54) is 31.2 Å². The third kappa shape index (κ3) is 3.77. The second-order valence-corrected chi connectivity index (χ2v) is 6.90. The molecular formula is C18H25N3. The highest BCUT2D eigenvalue weighted by Crippen LogP contribution is 2.34. The summed E-state index contributed by atoms with van der Waals surface area (Å²) in [6, 6.07) is 10.2. The average Bonchev–Trinajstić information content (AvgIpc) is 3.36. The third-order valence-electron chi connectivity index (χ3n) is 4.21. The van der Waals surface area contributed by atoms with E-state index in [9.17, 15) is 5.26 Å². The molecule has 21 heavy (non-hydrogen) atoms. The van der Waals surface area contributed by atoms with E-state index in [0.29, 0.717) is 18.0 Å². The summed E-state index contributed by atoms with van der Waals surface area (Å²) in [5.74, 6) is 0.619. The Hall–Kier alpha value is -1.53. The van der Waals surface area contributed by atoms with E-state index >= 15 is 0 Å². The van der Waals surface area contributed by atoms with Crippen LogP contribution >= 0.6 is 0 Å². The van der Waals surface area contributed by atoms with Crippen LogP contribution < -0.4 is 10.2 Å². The molecule has 0 bridgehead atoms. The summed E-state index contributed by atoms with van der Waals surface area (Å²) < 4.78 is 0. The van der Waals surface area contributed by atoms with Gasteiger partial charge in [-0.3, -0.25) is 0 Å². The summed E-state index contributed by atoms with van der Waals surface area (Å²) in [4.78, 5) is 2.45. The number of benzene rings is 1. The fraction of sp³-hybridized carbons (Fsp3) is 0.611. The molecule has 0 spiro atoms. The smallest absolute Gasteiger partial charge is 0.101 e. The first kappa shape index (κ1) is 14.4. The second kappa shape index (κ2) is 6.07. The van der Waals surface area contributed by atoms with Crippen molar-refractivity contribution in [2.75, 3.05) is 11.4 Å². The quantitative estimate of drug-likeness (QED) is 0.833. The Morgan fingerprint density at radius 2 is 2.05 bits per heavy atom. The maximum Gasteiger partial charge on any atom is 0.101 e. The van der Waals surface area contributed by atoms with Crippen LogP contribution in [0.25, 0.3) is 0 Å². The first-order valence-electron chi connectivity index (χ1n) is 8.20. The summed E-state index contributed by atoms with van der Waals surface area (Å²) in [6.45, 7) is 6.41. The van der Waals surface area contributed by atoms with Gasteiger partial charge < -0.3 is 10.2 Å². The molecule has 0 unspecified atom stereocenters. The van der Waals surface area contributed by atoms with Crippen LogP contribution in [-0.2, 0) is 6.54 Å². The monoisotopic (exact) mass is 283 g/mol. The molecule has 2 saturated carbocycles. The molecule has 3 rings (SSSR count). The lowest BCUT2D eigenvalue weighted by Gasteiger charge is -2.27. The van der Waals surface area contributed by atoms with E-state index in [0.717, 1.165) is 24.3 Å². The van der Waals surface area contributed by atoms with Gasteiger partial charge in [-0.1, -0.05) is 19.9 Å². The van der Waals surface area contributed by atoms with E-state index in [1.54, 1.807) is 0 Å². The van der Waals surface area contributed by atoms with Crippen LogP contribution in [0.1, 0.15) is 50.7 Å². The summed E-state index contributed by atoms with van der Waals surface area (Å²) in [7, 11) is 0. The standard InChI is InChI=1S/C18H25N3/c1-13(2)12-21(17-6-7-17)18-8-3-14(9-15(18)10-19)11-20-16-4-5-16/h3,8-9,13,16-17,20H,4-7,11-12H2,1-2H3. The number of nitrogens with zero attached hydrogens (tertiary/aromatic N) is 2. The summed E-state index contributed by atoms with van der Waals surface area (Å²) in [5, 5.41) is 13.0. The molecule has 2 aliphatic rings. The summed E-state index contributed by atoms with van der Waals surface area (Å²) in [6.07, 6.45) is 5.13. The molecule has 0 amide bonds. The van der Waals surface area contributed by atoms with Crippen LogP contribution in [0.3, 0.4) is 0 Å². The van der Waals surface area contributed by atoms with Crippen LogP contribution in [0.5, 0.6) is 0 Å². The minimum atomic E-state index is 0.619. The Morgan fingerprint density at radius 3 is 2.62 bits per heavy atom. The second-order valence-electron chi connectivity index (χ2n) is 6.90. The highest BCUT2D eigenvalue weighted by molar-refractivity contribution is 5.61. The number of anilines is 1. The zero-order valence-corrected chi connectivity index (χ0v) is 13.1. The molecule has 2 aliphatic carbocycles. The van der Waals surface area contributed by atoms with E-state index in [1.807, 2.05) is 0 Å². The van der Waals surface area contributed by atoms with Crippen molar-refractivity contribution in [1.82, 2.24) is 5.32 Å². The molecule has 0 aromatic heterocycles. The molecule has 0 saturated heterocycles. The maximum atomic E-state index is 9.52. The lowest BCUT2D eigenvalue weighted by molar-refractivity contribution is 0.607. The van der Waals surface area contributed by atoms with Crippen molar-refractivity contribution in [3.63, 3.8) is 0 Å². The van der Waals surface area contributed by atoms with Gasteiger partial charge >= 0.3 is 0 Å². The molecule has 3 heteroatoms. The minimum absolute atomic E-state index is 0.619. The first-order valence-corrected chi connectivity index (χ1v) is 8.20. The van der Waals surface area contributed by atoms with Gasteiger partial charge in [0.1, 0.15) is 6.07 Å². The van der Waals surface area contributed by atoms with Gasteiger partial charge in [0, 0.05) is 25.2 Å². The SMILES string of the molecule is CC(C)CN(c1ccc(CNC2CC2)cc1C#N)C1CC1. The Kier molecular flexibility index (Phi) is 4.17. The van der Waals surface area contributed by atoms with Crippen molar-refractivity contribution >= 4 is 5.69 Å². The van der Waals surface area contributed by atoms with Gasteiger partial charge in [-0.15, -0.1) is 0 Å². The van der Waals surface area contributed by atoms with E-state index in [4.69, 9.17) is 0 Å². The molecule has 2 fully saturated rings. The maximum absolute atomic E-state index is 9.52. The van der Waals surface area contributed by atoms with E-state index in [-0.39, 0.29) is 0 Å². The number of hydrogen-bond donors (Lipinski definition) is 1. The first-order chi connectivity index (χ1) is 10.2. The number of rotatable bonds is 7. The zero-order valence-electron chi connectivity index (χ0n) is 13.1. The fourth-order valence-electron chi connectivity index (χ4n) is 2.81. The van der Waals surface area contributed by atoms with Crippen LogP contribution in [0.15, 0.2) is 18.2 Å². The molecule has 3 nitrogen and oxygen atoms in total. The van der Waals surface area contributed by atoms with Crippen LogP contribution in [0, 0.1) is 17.2 Å². The molecule has 112 valence electrons. The van der Waals surface area contributed by atoms with Gasteiger partial charge in [0.25, 0.3) is 0 Å². The Morgan fingerprint density at radius 1 is 1.29 bits per heavy atom. The normalized spacial score (nSPS) is 17.8. The summed E-state index contributed by atoms with van der Waals surface area (Å²) >= 11 is 0. The predicted molar refractivity (Wildman–Crippen MR) is 86.2 cm³/mol. The molecule has 0 radical (unpaired) electrons. The van der Waals surface area contributed by atoms with E-state index in [2.05, 4.69) is 48.3 Å². The summed E-state index contributed by atoms with van der Waals surface area (Å²) in [5.41, 5.74) is 3.18. The molecule has 0 aliphatic heterocycles.